The van der Waals surface area contributed by atoms with E-state index in [9.17, 15) is 4.79 Å². The highest BCUT2D eigenvalue weighted by atomic mass is 16.5. The number of amides is 1. The van der Waals surface area contributed by atoms with Crippen molar-refractivity contribution in [3.05, 3.63) is 109 Å². The van der Waals surface area contributed by atoms with Crippen molar-refractivity contribution in [1.82, 2.24) is 15.1 Å². The minimum absolute atomic E-state index is 0.196. The summed E-state index contributed by atoms with van der Waals surface area (Å²) >= 11 is 0. The van der Waals surface area contributed by atoms with E-state index in [0.29, 0.717) is 17.0 Å². The summed E-state index contributed by atoms with van der Waals surface area (Å²) in [4.78, 5) is 21.0. The van der Waals surface area contributed by atoms with Crippen molar-refractivity contribution in [2.75, 3.05) is 5.32 Å². The molecule has 5 aromatic rings. The van der Waals surface area contributed by atoms with Crippen LogP contribution in [0.4, 0.5) is 5.88 Å². The molecule has 160 valence electrons. The van der Waals surface area contributed by atoms with Crippen molar-refractivity contribution in [3.8, 4) is 33.6 Å². The zero-order valence-electron chi connectivity index (χ0n) is 17.7. The van der Waals surface area contributed by atoms with E-state index in [1.165, 1.54) is 6.33 Å². The number of carbonyl (C=O) groups is 1. The molecule has 0 bridgehead atoms. The topological polar surface area (TPSA) is 80.9 Å². The molecule has 3 aromatic carbocycles. The number of hydrogen-bond acceptors (Lipinski definition) is 5. The summed E-state index contributed by atoms with van der Waals surface area (Å²) in [5.41, 5.74) is 5.83. The van der Waals surface area contributed by atoms with Gasteiger partial charge in [0.1, 0.15) is 12.0 Å². The average molecular weight is 432 g/mol. The smallest absolute Gasteiger partial charge is 0.241 e. The summed E-state index contributed by atoms with van der Waals surface area (Å²) in [5.74, 6) is 0.0652. The van der Waals surface area contributed by atoms with Gasteiger partial charge in [-0.2, -0.15) is 0 Å². The highest BCUT2D eigenvalue weighted by Crippen LogP contribution is 2.37. The Morgan fingerprint density at radius 2 is 1.45 bits per heavy atom. The Balaban J connectivity index is 1.48. The molecule has 6 nitrogen and oxygen atoms in total. The Morgan fingerprint density at radius 1 is 0.788 bits per heavy atom. The van der Waals surface area contributed by atoms with Crippen LogP contribution in [0, 0.1) is 0 Å². The molecule has 0 unspecified atom stereocenters. The first-order chi connectivity index (χ1) is 16.3. The molecule has 6 heteroatoms. The predicted molar refractivity (Wildman–Crippen MR) is 127 cm³/mol. The van der Waals surface area contributed by atoms with E-state index in [-0.39, 0.29) is 18.2 Å². The maximum Gasteiger partial charge on any atom is 0.241 e. The Bertz CT molecular complexity index is 1350. The molecule has 0 aliphatic rings. The quantitative estimate of drug-likeness (QED) is 0.375. The number of benzene rings is 3. The lowest BCUT2D eigenvalue weighted by Crippen LogP contribution is -2.14. The number of nitrogens with zero attached hydrogens (tertiary/aromatic N) is 3. The van der Waals surface area contributed by atoms with Gasteiger partial charge < -0.3 is 4.52 Å². The van der Waals surface area contributed by atoms with Gasteiger partial charge in [0, 0.05) is 11.8 Å². The summed E-state index contributed by atoms with van der Waals surface area (Å²) in [6.45, 7) is 0. The van der Waals surface area contributed by atoms with Crippen LogP contribution in [0.2, 0.25) is 0 Å². The van der Waals surface area contributed by atoms with E-state index in [0.717, 1.165) is 22.3 Å². The third-order valence-electron chi connectivity index (χ3n) is 5.26. The van der Waals surface area contributed by atoms with Gasteiger partial charge in [-0.1, -0.05) is 90.1 Å². The highest BCUT2D eigenvalue weighted by molar-refractivity contribution is 5.97. The largest absolute Gasteiger partial charge is 0.337 e. The van der Waals surface area contributed by atoms with Gasteiger partial charge in [-0.25, -0.2) is 9.97 Å². The fourth-order valence-electron chi connectivity index (χ4n) is 3.65. The van der Waals surface area contributed by atoms with E-state index in [2.05, 4.69) is 32.6 Å². The van der Waals surface area contributed by atoms with Gasteiger partial charge in [-0.15, -0.1) is 0 Å². The van der Waals surface area contributed by atoms with Crippen LogP contribution in [0.25, 0.3) is 33.6 Å². The molecular formula is C27H20N4O2. The van der Waals surface area contributed by atoms with Crippen LogP contribution >= 0.6 is 0 Å². The van der Waals surface area contributed by atoms with Crippen LogP contribution in [0.5, 0.6) is 0 Å². The molecule has 2 aromatic heterocycles. The van der Waals surface area contributed by atoms with Crippen LogP contribution < -0.4 is 5.32 Å². The Morgan fingerprint density at radius 3 is 2.15 bits per heavy atom. The number of anilines is 1. The molecule has 0 saturated carbocycles. The zero-order valence-corrected chi connectivity index (χ0v) is 17.7. The fraction of sp³-hybridized carbons (Fsp3) is 0.0370. The molecule has 0 aliphatic carbocycles. The van der Waals surface area contributed by atoms with Crippen LogP contribution in [-0.4, -0.2) is 21.0 Å². The van der Waals surface area contributed by atoms with E-state index in [1.807, 2.05) is 72.8 Å². The van der Waals surface area contributed by atoms with E-state index in [1.54, 1.807) is 12.3 Å². The number of nitrogens with one attached hydrogen (secondary N) is 1. The molecule has 1 amide bonds. The Hall–Kier alpha value is -4.58. The number of aromatic nitrogens is 3. The van der Waals surface area contributed by atoms with Crippen LogP contribution in [0.15, 0.2) is 108 Å². The summed E-state index contributed by atoms with van der Waals surface area (Å²) < 4.78 is 5.59. The summed E-state index contributed by atoms with van der Waals surface area (Å²) in [5, 5.41) is 7.13. The summed E-state index contributed by atoms with van der Waals surface area (Å²) in [6.07, 6.45) is 3.33. The lowest BCUT2D eigenvalue weighted by molar-refractivity contribution is -0.115. The second-order valence-electron chi connectivity index (χ2n) is 7.48. The van der Waals surface area contributed by atoms with E-state index < -0.39 is 0 Å². The standard InChI is InChI=1S/C27H20N4O2/c32-24(17-19-7-3-1-4-8-19)30-27-25(23-15-16-28-18-29-23)26(31-33-27)22-13-11-21(12-14-22)20-9-5-2-6-10-20/h1-16,18H,17H2,(H,30,32). The third kappa shape index (κ3) is 4.55. The molecule has 1 N–H and O–H groups in total. The third-order valence-corrected chi connectivity index (χ3v) is 5.26. The van der Waals surface area contributed by atoms with Gasteiger partial charge in [-0.3, -0.25) is 10.1 Å². The molecule has 0 fully saturated rings. The van der Waals surface area contributed by atoms with Gasteiger partial charge in [0.2, 0.25) is 11.8 Å². The predicted octanol–water partition coefficient (Wildman–Crippen LogP) is 5.65. The zero-order chi connectivity index (χ0) is 22.5. The van der Waals surface area contributed by atoms with Crippen molar-refractivity contribution in [3.63, 3.8) is 0 Å². The first kappa shape index (κ1) is 20.3. The first-order valence-electron chi connectivity index (χ1n) is 10.5. The lowest BCUT2D eigenvalue weighted by Gasteiger charge is -2.07. The maximum absolute atomic E-state index is 12.7. The minimum atomic E-state index is -0.196. The molecular weight excluding hydrogens is 412 g/mol. The number of carbonyl (C=O) groups excluding carboxylic acids is 1. The van der Waals surface area contributed by atoms with Crippen LogP contribution in [0.3, 0.4) is 0 Å². The van der Waals surface area contributed by atoms with E-state index in [4.69, 9.17) is 4.52 Å². The summed E-state index contributed by atoms with van der Waals surface area (Å²) in [6, 6.07) is 29.5. The van der Waals surface area contributed by atoms with Gasteiger partial charge in [0.05, 0.1) is 17.7 Å². The molecule has 0 spiro atoms. The average Bonchev–Trinajstić information content (AvgIpc) is 3.29. The molecule has 0 atom stereocenters. The minimum Gasteiger partial charge on any atom is -0.337 e. The van der Waals surface area contributed by atoms with Gasteiger partial charge >= 0.3 is 0 Å². The second-order valence-corrected chi connectivity index (χ2v) is 7.48. The van der Waals surface area contributed by atoms with Crippen molar-refractivity contribution in [1.29, 1.82) is 0 Å². The van der Waals surface area contributed by atoms with Crippen molar-refractivity contribution in [2.45, 2.75) is 6.42 Å². The fourth-order valence-corrected chi connectivity index (χ4v) is 3.65. The molecule has 5 rings (SSSR count). The monoisotopic (exact) mass is 432 g/mol. The number of rotatable bonds is 6. The van der Waals surface area contributed by atoms with Crippen molar-refractivity contribution >= 4 is 11.8 Å². The second kappa shape index (κ2) is 9.28. The molecule has 0 radical (unpaired) electrons. The van der Waals surface area contributed by atoms with Crippen molar-refractivity contribution in [2.24, 2.45) is 0 Å². The van der Waals surface area contributed by atoms with Crippen LogP contribution in [0.1, 0.15) is 5.56 Å². The maximum atomic E-state index is 12.7. The first-order valence-corrected chi connectivity index (χ1v) is 10.5. The normalized spacial score (nSPS) is 10.7. The van der Waals surface area contributed by atoms with E-state index >= 15 is 0 Å². The molecule has 0 saturated heterocycles. The number of hydrogen-bond donors (Lipinski definition) is 1. The molecule has 0 aliphatic heterocycles. The Labute approximate surface area is 191 Å². The molecule has 2 heterocycles. The van der Waals surface area contributed by atoms with Gasteiger partial charge in [-0.05, 0) is 22.8 Å². The highest BCUT2D eigenvalue weighted by Gasteiger charge is 2.22. The SMILES string of the molecule is O=C(Cc1ccccc1)Nc1onc(-c2ccc(-c3ccccc3)cc2)c1-c1ccncn1. The van der Waals surface area contributed by atoms with Gasteiger partial charge in [0.15, 0.2) is 0 Å². The summed E-state index contributed by atoms with van der Waals surface area (Å²) in [7, 11) is 0. The lowest BCUT2D eigenvalue weighted by atomic mass is 10.0. The van der Waals surface area contributed by atoms with Gasteiger partial charge in [0.25, 0.3) is 0 Å². The van der Waals surface area contributed by atoms with Crippen molar-refractivity contribution < 1.29 is 9.32 Å². The van der Waals surface area contributed by atoms with Crippen LogP contribution in [-0.2, 0) is 11.2 Å². The Kier molecular flexibility index (Phi) is 5.72. The molecule has 33 heavy (non-hydrogen) atoms.